The number of aliphatic hydroxyl groups is 1. The van der Waals surface area contributed by atoms with Crippen LogP contribution in [0.1, 0.15) is 6.42 Å². The Kier molecular flexibility index (Phi) is 6.58. The molecule has 1 amide bonds. The minimum Gasteiger partial charge on any atom is -0.396 e. The van der Waals surface area contributed by atoms with Gasteiger partial charge in [-0.3, -0.25) is 4.79 Å². The number of anilines is 1. The number of piperazine rings is 1. The first-order valence-electron chi connectivity index (χ1n) is 7.90. The van der Waals surface area contributed by atoms with E-state index in [1.807, 2.05) is 6.07 Å². The van der Waals surface area contributed by atoms with Crippen LogP contribution in [0.2, 0.25) is 0 Å². The summed E-state index contributed by atoms with van der Waals surface area (Å²) in [5.74, 6) is -0.571. The topological polar surface area (TPSA) is 79.6 Å². The fourth-order valence-electron chi connectivity index (χ4n) is 2.49. The van der Waals surface area contributed by atoms with E-state index < -0.39 is 0 Å². The predicted octanol–water partition coefficient (Wildman–Crippen LogP) is 0.854. The van der Waals surface area contributed by atoms with Crippen molar-refractivity contribution in [1.29, 1.82) is 5.26 Å². The van der Waals surface area contributed by atoms with Crippen molar-refractivity contribution in [3.63, 3.8) is 0 Å². The third-order valence-corrected chi connectivity index (χ3v) is 3.84. The largest absolute Gasteiger partial charge is 0.396 e. The van der Waals surface area contributed by atoms with Gasteiger partial charge < -0.3 is 20.2 Å². The molecule has 1 fully saturated rings. The van der Waals surface area contributed by atoms with Crippen molar-refractivity contribution >= 4 is 11.6 Å². The van der Waals surface area contributed by atoms with Gasteiger partial charge in [0.25, 0.3) is 5.91 Å². The summed E-state index contributed by atoms with van der Waals surface area (Å²) in [7, 11) is 0. The zero-order valence-corrected chi connectivity index (χ0v) is 13.4. The summed E-state index contributed by atoms with van der Waals surface area (Å²) >= 11 is 0. The van der Waals surface area contributed by atoms with Gasteiger partial charge in [-0.1, -0.05) is 0 Å². The summed E-state index contributed by atoms with van der Waals surface area (Å²) in [6.45, 7) is 2.84. The number of halogens is 1. The molecule has 1 heterocycles. The van der Waals surface area contributed by atoms with Gasteiger partial charge in [-0.05, 0) is 30.7 Å². The van der Waals surface area contributed by atoms with Gasteiger partial charge in [-0.2, -0.15) is 5.26 Å². The Labute approximate surface area is 140 Å². The molecule has 1 aromatic rings. The van der Waals surface area contributed by atoms with E-state index in [1.165, 1.54) is 18.3 Å². The first kappa shape index (κ1) is 17.8. The van der Waals surface area contributed by atoms with Crippen LogP contribution in [-0.2, 0) is 4.79 Å². The maximum absolute atomic E-state index is 13.0. The molecule has 2 N–H and O–H groups in total. The molecule has 7 heteroatoms. The van der Waals surface area contributed by atoms with E-state index in [2.05, 4.69) is 10.2 Å². The molecular formula is C17H21FN4O2. The zero-order chi connectivity index (χ0) is 17.4. The highest BCUT2D eigenvalue weighted by molar-refractivity contribution is 5.97. The molecule has 2 rings (SSSR count). The second-order valence-electron chi connectivity index (χ2n) is 5.46. The first-order valence-corrected chi connectivity index (χ1v) is 7.90. The van der Waals surface area contributed by atoms with E-state index in [9.17, 15) is 9.18 Å². The molecule has 0 bridgehead atoms. The number of hydrogen-bond acceptors (Lipinski definition) is 5. The molecule has 0 saturated carbocycles. The molecule has 0 aliphatic carbocycles. The van der Waals surface area contributed by atoms with Gasteiger partial charge >= 0.3 is 0 Å². The predicted molar refractivity (Wildman–Crippen MR) is 88.6 cm³/mol. The second kappa shape index (κ2) is 8.89. The number of aliphatic hydroxyl groups excluding tert-OH is 1. The van der Waals surface area contributed by atoms with Gasteiger partial charge in [-0.15, -0.1) is 0 Å². The molecule has 0 atom stereocenters. The highest BCUT2D eigenvalue weighted by atomic mass is 19.1. The molecule has 1 aliphatic rings. The van der Waals surface area contributed by atoms with Crippen molar-refractivity contribution in [3.05, 3.63) is 41.9 Å². The van der Waals surface area contributed by atoms with Crippen molar-refractivity contribution in [1.82, 2.24) is 10.2 Å². The fourth-order valence-corrected chi connectivity index (χ4v) is 2.49. The van der Waals surface area contributed by atoms with E-state index in [-0.39, 0.29) is 23.9 Å². The van der Waals surface area contributed by atoms with Crippen LogP contribution in [0, 0.1) is 17.1 Å². The minimum absolute atomic E-state index is 0.0576. The molecule has 1 aromatic carbocycles. The minimum atomic E-state index is -0.298. The maximum atomic E-state index is 13.0. The van der Waals surface area contributed by atoms with Crippen molar-refractivity contribution in [2.45, 2.75) is 6.42 Å². The van der Waals surface area contributed by atoms with E-state index >= 15 is 0 Å². The molecule has 24 heavy (non-hydrogen) atoms. The summed E-state index contributed by atoms with van der Waals surface area (Å²) in [5, 5.41) is 20.7. The monoisotopic (exact) mass is 332 g/mol. The molecule has 6 nitrogen and oxygen atoms in total. The normalized spacial score (nSPS) is 15.1. The molecule has 1 saturated heterocycles. The van der Waals surface area contributed by atoms with E-state index in [4.69, 9.17) is 10.4 Å². The number of carbonyl (C=O) groups excluding carboxylic acids is 1. The molecule has 0 unspecified atom stereocenters. The third kappa shape index (κ3) is 4.70. The Morgan fingerprint density at radius 2 is 1.96 bits per heavy atom. The van der Waals surface area contributed by atoms with Crippen LogP contribution in [-0.4, -0.2) is 55.2 Å². The van der Waals surface area contributed by atoms with Crippen molar-refractivity contribution in [3.8, 4) is 6.07 Å². The SMILES string of the molecule is N#C/C(=C/NCCCO)C(=O)N1CCN(c2ccc(F)cc2)CC1. The van der Waals surface area contributed by atoms with E-state index in [0.29, 0.717) is 39.1 Å². The number of hydrogen-bond donors (Lipinski definition) is 2. The third-order valence-electron chi connectivity index (χ3n) is 3.84. The Morgan fingerprint density at radius 3 is 2.54 bits per heavy atom. The highest BCUT2D eigenvalue weighted by Gasteiger charge is 2.23. The van der Waals surface area contributed by atoms with Crippen LogP contribution >= 0.6 is 0 Å². The quantitative estimate of drug-likeness (QED) is 0.459. The van der Waals surface area contributed by atoms with Crippen molar-refractivity contribution in [2.24, 2.45) is 0 Å². The number of rotatable bonds is 6. The number of nitrogens with zero attached hydrogens (tertiary/aromatic N) is 3. The molecular weight excluding hydrogens is 311 g/mol. The van der Waals surface area contributed by atoms with Gasteiger partial charge in [-0.25, -0.2) is 4.39 Å². The molecule has 1 aliphatic heterocycles. The molecule has 0 radical (unpaired) electrons. The van der Waals surface area contributed by atoms with Crippen LogP contribution < -0.4 is 10.2 Å². The van der Waals surface area contributed by atoms with Crippen LogP contribution in [0.5, 0.6) is 0 Å². The van der Waals surface area contributed by atoms with E-state index in [1.54, 1.807) is 17.0 Å². The smallest absolute Gasteiger partial charge is 0.266 e. The average Bonchev–Trinajstić information content (AvgIpc) is 2.62. The van der Waals surface area contributed by atoms with Gasteiger partial charge in [0, 0.05) is 51.2 Å². The Morgan fingerprint density at radius 1 is 1.29 bits per heavy atom. The van der Waals surface area contributed by atoms with E-state index in [0.717, 1.165) is 5.69 Å². The number of carbonyl (C=O) groups is 1. The Balaban J connectivity index is 1.89. The van der Waals surface area contributed by atoms with Crippen LogP contribution in [0.4, 0.5) is 10.1 Å². The number of benzene rings is 1. The lowest BCUT2D eigenvalue weighted by Crippen LogP contribution is -2.49. The van der Waals surface area contributed by atoms with Crippen LogP contribution in [0.15, 0.2) is 36.0 Å². The summed E-state index contributed by atoms with van der Waals surface area (Å²) in [4.78, 5) is 16.1. The van der Waals surface area contributed by atoms with Gasteiger partial charge in [0.05, 0.1) is 0 Å². The lowest BCUT2D eigenvalue weighted by molar-refractivity contribution is -0.127. The van der Waals surface area contributed by atoms with Gasteiger partial charge in [0.1, 0.15) is 17.5 Å². The first-order chi connectivity index (χ1) is 11.7. The zero-order valence-electron chi connectivity index (χ0n) is 13.4. The summed E-state index contributed by atoms with van der Waals surface area (Å²) in [6.07, 6.45) is 1.96. The lowest BCUT2D eigenvalue weighted by Gasteiger charge is -2.36. The molecule has 128 valence electrons. The van der Waals surface area contributed by atoms with Crippen molar-refractivity contribution < 1.29 is 14.3 Å². The number of nitrogens with one attached hydrogen (secondary N) is 1. The van der Waals surface area contributed by atoms with Gasteiger partial charge in [0.15, 0.2) is 0 Å². The maximum Gasteiger partial charge on any atom is 0.266 e. The average molecular weight is 332 g/mol. The lowest BCUT2D eigenvalue weighted by atomic mass is 10.2. The summed E-state index contributed by atoms with van der Waals surface area (Å²) in [6, 6.07) is 8.19. The summed E-state index contributed by atoms with van der Waals surface area (Å²) in [5.41, 5.74) is 0.980. The Hall–Kier alpha value is -2.59. The standard InChI is InChI=1S/C17H21FN4O2/c18-15-2-4-16(5-3-15)21-7-9-22(10-8-21)17(24)14(12-19)13-20-6-1-11-23/h2-5,13,20,23H,1,6-11H2/b14-13-. The van der Waals surface area contributed by atoms with Crippen LogP contribution in [0.25, 0.3) is 0 Å². The molecule has 0 aromatic heterocycles. The Bertz CT molecular complexity index is 616. The van der Waals surface area contributed by atoms with Crippen molar-refractivity contribution in [2.75, 3.05) is 44.2 Å². The van der Waals surface area contributed by atoms with Crippen LogP contribution in [0.3, 0.4) is 0 Å². The summed E-state index contributed by atoms with van der Waals surface area (Å²) < 4.78 is 13.0. The number of amides is 1. The fraction of sp³-hybridized carbons (Fsp3) is 0.412. The number of nitriles is 1. The highest BCUT2D eigenvalue weighted by Crippen LogP contribution is 2.17. The van der Waals surface area contributed by atoms with Gasteiger partial charge in [0.2, 0.25) is 0 Å². The molecule has 0 spiro atoms. The second-order valence-corrected chi connectivity index (χ2v) is 5.46.